The molecule has 0 unspecified atom stereocenters. The van der Waals surface area contributed by atoms with E-state index in [4.69, 9.17) is 5.14 Å². The fraction of sp³-hybridized carbons (Fsp3) is 0.200. The number of fused-ring (bicyclic) bond motifs is 3. The van der Waals surface area contributed by atoms with E-state index >= 15 is 0 Å². The number of amides is 1. The number of thioether (sulfide) groups is 1. The quantitative estimate of drug-likeness (QED) is 0.426. The molecule has 0 spiro atoms. The van der Waals surface area contributed by atoms with Gasteiger partial charge in [0, 0.05) is 17.1 Å². The first-order valence-electron chi connectivity index (χ1n) is 9.43. The molecule has 11 heteroatoms. The predicted molar refractivity (Wildman–Crippen MR) is 120 cm³/mol. The lowest BCUT2D eigenvalue weighted by molar-refractivity contribution is -0.113. The van der Waals surface area contributed by atoms with Crippen LogP contribution in [-0.4, -0.2) is 39.8 Å². The number of anilines is 1. The van der Waals surface area contributed by atoms with Crippen molar-refractivity contribution in [2.75, 3.05) is 11.1 Å². The van der Waals surface area contributed by atoms with Gasteiger partial charge in [-0.15, -0.1) is 10.2 Å². The highest BCUT2D eigenvalue weighted by molar-refractivity contribution is 7.99. The van der Waals surface area contributed by atoms with Crippen LogP contribution in [0.5, 0.6) is 0 Å². The van der Waals surface area contributed by atoms with Gasteiger partial charge in [0.25, 0.3) is 0 Å². The summed E-state index contributed by atoms with van der Waals surface area (Å²) < 4.78 is 24.7. The second kappa shape index (κ2) is 8.25. The number of carbonyl (C=O) groups excluding carboxylic acids is 1. The Hall–Kier alpha value is -3.02. The Morgan fingerprint density at radius 1 is 1.13 bits per heavy atom. The van der Waals surface area contributed by atoms with Crippen LogP contribution in [0.4, 0.5) is 5.69 Å². The predicted octanol–water partition coefficient (Wildman–Crippen LogP) is 2.94. The molecule has 4 aromatic rings. The van der Waals surface area contributed by atoms with Gasteiger partial charge in [-0.05, 0) is 44.2 Å². The largest absolute Gasteiger partial charge is 0.325 e. The minimum absolute atomic E-state index is 0.0202. The molecule has 0 aliphatic heterocycles. The molecule has 2 heterocycles. The lowest BCUT2D eigenvalue weighted by Gasteiger charge is -2.10. The molecular formula is C20H20N6O3S2. The summed E-state index contributed by atoms with van der Waals surface area (Å²) in [7, 11) is -3.77. The molecule has 0 aliphatic rings. The first-order chi connectivity index (χ1) is 14.7. The molecule has 0 fully saturated rings. The van der Waals surface area contributed by atoms with Crippen LogP contribution < -0.4 is 10.5 Å². The number of nitrogens with one attached hydrogen (secondary N) is 1. The maximum Gasteiger partial charge on any atom is 0.238 e. The Morgan fingerprint density at radius 3 is 2.52 bits per heavy atom. The number of sulfonamides is 1. The van der Waals surface area contributed by atoms with Crippen LogP contribution in [0.1, 0.15) is 19.9 Å². The zero-order valence-electron chi connectivity index (χ0n) is 16.8. The number of benzene rings is 2. The molecule has 31 heavy (non-hydrogen) atoms. The topological polar surface area (TPSA) is 133 Å². The average Bonchev–Trinajstić information content (AvgIpc) is 3.06. The van der Waals surface area contributed by atoms with Crippen LogP contribution >= 0.6 is 11.8 Å². The monoisotopic (exact) mass is 456 g/mol. The van der Waals surface area contributed by atoms with Gasteiger partial charge in [0.1, 0.15) is 5.52 Å². The molecule has 0 saturated carbocycles. The fourth-order valence-electron chi connectivity index (χ4n) is 3.28. The first-order valence-corrected chi connectivity index (χ1v) is 12.0. The number of nitrogens with zero attached hydrogens (tertiary/aromatic N) is 4. The van der Waals surface area contributed by atoms with Gasteiger partial charge in [-0.3, -0.25) is 4.79 Å². The SMILES string of the molecule is CC(C)n1c2ccccc2c2nnc(SCC(=O)Nc3ccc(S(N)(=O)=O)cc3)nc21. The van der Waals surface area contributed by atoms with E-state index in [1.807, 2.05) is 24.3 Å². The summed E-state index contributed by atoms with van der Waals surface area (Å²) in [5.74, 6) is -0.201. The highest BCUT2D eigenvalue weighted by Gasteiger charge is 2.17. The molecule has 2 aromatic heterocycles. The smallest absolute Gasteiger partial charge is 0.238 e. The maximum atomic E-state index is 12.3. The summed E-state index contributed by atoms with van der Waals surface area (Å²) in [4.78, 5) is 16.9. The Bertz CT molecular complexity index is 1380. The molecule has 0 saturated heterocycles. The van der Waals surface area contributed by atoms with Gasteiger partial charge >= 0.3 is 0 Å². The Kier molecular flexibility index (Phi) is 5.65. The van der Waals surface area contributed by atoms with Gasteiger partial charge in [-0.2, -0.15) is 0 Å². The van der Waals surface area contributed by atoms with Crippen molar-refractivity contribution < 1.29 is 13.2 Å². The number of primary sulfonamides is 1. The van der Waals surface area contributed by atoms with Crippen molar-refractivity contribution in [3.05, 3.63) is 48.5 Å². The van der Waals surface area contributed by atoms with Crippen molar-refractivity contribution in [1.29, 1.82) is 0 Å². The number of rotatable bonds is 6. The van der Waals surface area contributed by atoms with Crippen molar-refractivity contribution in [3.63, 3.8) is 0 Å². The third kappa shape index (κ3) is 4.38. The van der Waals surface area contributed by atoms with Crippen LogP contribution in [0.2, 0.25) is 0 Å². The number of nitrogens with two attached hydrogens (primary N) is 1. The van der Waals surface area contributed by atoms with Crippen LogP contribution in [-0.2, 0) is 14.8 Å². The van der Waals surface area contributed by atoms with Crippen molar-refractivity contribution in [3.8, 4) is 0 Å². The Morgan fingerprint density at radius 2 is 1.84 bits per heavy atom. The summed E-state index contributed by atoms with van der Waals surface area (Å²) in [5.41, 5.74) is 2.96. The van der Waals surface area contributed by atoms with Gasteiger partial charge in [0.2, 0.25) is 21.1 Å². The van der Waals surface area contributed by atoms with Gasteiger partial charge < -0.3 is 9.88 Å². The van der Waals surface area contributed by atoms with E-state index < -0.39 is 10.0 Å². The fourth-order valence-corrected chi connectivity index (χ4v) is 4.38. The lowest BCUT2D eigenvalue weighted by Crippen LogP contribution is -2.15. The standard InChI is InChI=1S/C20H20N6O3S2/c1-12(2)26-16-6-4-3-5-15(16)18-19(26)23-20(25-24-18)30-11-17(27)22-13-7-9-14(10-8-13)31(21,28)29/h3-10,12H,11H2,1-2H3,(H,22,27)(H2,21,28,29). The average molecular weight is 457 g/mol. The number of hydrogen-bond acceptors (Lipinski definition) is 7. The zero-order chi connectivity index (χ0) is 22.2. The molecule has 0 bridgehead atoms. The maximum absolute atomic E-state index is 12.3. The number of carbonyl (C=O) groups is 1. The molecule has 9 nitrogen and oxygen atoms in total. The van der Waals surface area contributed by atoms with Crippen molar-refractivity contribution >= 4 is 55.4 Å². The second-order valence-electron chi connectivity index (χ2n) is 7.15. The van der Waals surface area contributed by atoms with Crippen LogP contribution in [0.25, 0.3) is 22.1 Å². The van der Waals surface area contributed by atoms with Gasteiger partial charge in [-0.25, -0.2) is 18.5 Å². The normalized spacial score (nSPS) is 12.0. The summed E-state index contributed by atoms with van der Waals surface area (Å²) >= 11 is 1.17. The van der Waals surface area contributed by atoms with E-state index in [2.05, 4.69) is 38.9 Å². The Labute approximate surface area is 183 Å². The molecule has 0 atom stereocenters. The van der Waals surface area contributed by atoms with E-state index in [0.717, 1.165) is 22.1 Å². The second-order valence-corrected chi connectivity index (χ2v) is 9.66. The van der Waals surface area contributed by atoms with E-state index in [0.29, 0.717) is 10.8 Å². The molecule has 4 rings (SSSR count). The van der Waals surface area contributed by atoms with E-state index in [9.17, 15) is 13.2 Å². The van der Waals surface area contributed by atoms with Crippen LogP contribution in [0.3, 0.4) is 0 Å². The van der Waals surface area contributed by atoms with E-state index in [-0.39, 0.29) is 22.6 Å². The number of para-hydroxylation sites is 1. The molecule has 0 aliphatic carbocycles. The lowest BCUT2D eigenvalue weighted by atomic mass is 10.2. The summed E-state index contributed by atoms with van der Waals surface area (Å²) in [6, 6.07) is 13.8. The Balaban J connectivity index is 1.50. The number of hydrogen-bond donors (Lipinski definition) is 2. The summed E-state index contributed by atoms with van der Waals surface area (Å²) in [6.45, 7) is 4.16. The van der Waals surface area contributed by atoms with E-state index in [1.54, 1.807) is 0 Å². The summed E-state index contributed by atoms with van der Waals surface area (Å²) in [5, 5.41) is 17.7. The molecule has 1 amide bonds. The number of aromatic nitrogens is 4. The molecule has 0 radical (unpaired) electrons. The van der Waals surface area contributed by atoms with Crippen LogP contribution in [0.15, 0.2) is 58.6 Å². The zero-order valence-corrected chi connectivity index (χ0v) is 18.4. The van der Waals surface area contributed by atoms with Gasteiger partial charge in [0.05, 0.1) is 16.2 Å². The van der Waals surface area contributed by atoms with E-state index in [1.165, 1.54) is 36.0 Å². The highest BCUT2D eigenvalue weighted by Crippen LogP contribution is 2.29. The highest BCUT2D eigenvalue weighted by atomic mass is 32.2. The van der Waals surface area contributed by atoms with Crippen molar-refractivity contribution in [2.45, 2.75) is 29.9 Å². The first kappa shape index (κ1) is 21.2. The minimum Gasteiger partial charge on any atom is -0.325 e. The third-order valence-corrected chi connectivity index (χ3v) is 6.38. The summed E-state index contributed by atoms with van der Waals surface area (Å²) in [6.07, 6.45) is 0. The molecule has 2 aromatic carbocycles. The van der Waals surface area contributed by atoms with Gasteiger partial charge in [-0.1, -0.05) is 30.0 Å². The van der Waals surface area contributed by atoms with Gasteiger partial charge in [0.15, 0.2) is 5.65 Å². The van der Waals surface area contributed by atoms with Crippen molar-refractivity contribution in [2.24, 2.45) is 5.14 Å². The van der Waals surface area contributed by atoms with Crippen molar-refractivity contribution in [1.82, 2.24) is 19.7 Å². The molecule has 3 N–H and O–H groups in total. The molecule has 160 valence electrons. The molecular weight excluding hydrogens is 436 g/mol. The van der Waals surface area contributed by atoms with Crippen LogP contribution in [0, 0.1) is 0 Å². The minimum atomic E-state index is -3.77. The third-order valence-electron chi connectivity index (χ3n) is 4.61.